The fourth-order valence-corrected chi connectivity index (χ4v) is 2.54. The number of amides is 1. The highest BCUT2D eigenvalue weighted by atomic mass is 19.4. The Balaban J connectivity index is 1.91. The smallest absolute Gasteiger partial charge is 0.416 e. The highest BCUT2D eigenvalue weighted by Crippen LogP contribution is 2.33. The molecule has 0 aromatic heterocycles. The average molecular weight is 360 g/mol. The largest absolute Gasteiger partial charge is 0.493 e. The molecule has 5 nitrogen and oxygen atoms in total. The number of ether oxygens (including phenoxy) is 2. The molecule has 0 spiro atoms. The lowest BCUT2D eigenvalue weighted by Gasteiger charge is -2.24. The molecule has 1 heterocycles. The lowest BCUT2D eigenvalue weighted by Crippen LogP contribution is -2.35. The van der Waals surface area contributed by atoms with E-state index < -0.39 is 23.4 Å². The lowest BCUT2D eigenvalue weighted by atomic mass is 10.1. The number of alkyl halides is 3. The predicted molar refractivity (Wildman–Crippen MR) is 87.3 cm³/mol. The number of likely N-dealkylation sites (tertiary alicyclic amines) is 1. The Morgan fingerprint density at radius 2 is 1.96 bits per heavy atom. The molecule has 0 saturated carbocycles. The minimum absolute atomic E-state index is 0.00775. The molecule has 0 radical (unpaired) electrons. The molecule has 8 heteroatoms. The molecule has 1 aliphatic rings. The van der Waals surface area contributed by atoms with Crippen LogP contribution in [0.2, 0.25) is 0 Å². The Labute approximate surface area is 144 Å². The number of hydrogen-bond acceptors (Lipinski definition) is 4. The summed E-state index contributed by atoms with van der Waals surface area (Å²) < 4.78 is 49.2. The first-order valence-corrected chi connectivity index (χ1v) is 8.02. The molecular formula is C17H23F3N2O3. The summed E-state index contributed by atoms with van der Waals surface area (Å²) in [6.07, 6.45) is -4.17. The van der Waals surface area contributed by atoms with Gasteiger partial charge in [0.25, 0.3) is 0 Å². The zero-order chi connectivity index (χ0) is 18.8. The molecule has 140 valence electrons. The Morgan fingerprint density at radius 3 is 2.56 bits per heavy atom. The summed E-state index contributed by atoms with van der Waals surface area (Å²) in [5.41, 5.74) is 4.09. The van der Waals surface area contributed by atoms with Crippen molar-refractivity contribution in [3.8, 4) is 5.75 Å². The quantitative estimate of drug-likeness (QED) is 0.830. The van der Waals surface area contributed by atoms with Crippen LogP contribution in [0.15, 0.2) is 18.2 Å². The summed E-state index contributed by atoms with van der Waals surface area (Å²) >= 11 is 0. The number of nitrogens with zero attached hydrogens (tertiary/aromatic N) is 1. The van der Waals surface area contributed by atoms with E-state index in [9.17, 15) is 18.0 Å². The van der Waals surface area contributed by atoms with Crippen LogP contribution in [0.1, 0.15) is 32.8 Å². The normalized spacial score (nSPS) is 18.3. The summed E-state index contributed by atoms with van der Waals surface area (Å²) in [5.74, 6) is 0.103. The second kappa shape index (κ2) is 7.01. The first-order valence-electron chi connectivity index (χ1n) is 8.02. The maximum atomic E-state index is 12.8. The van der Waals surface area contributed by atoms with Crippen molar-refractivity contribution in [3.63, 3.8) is 0 Å². The van der Waals surface area contributed by atoms with Gasteiger partial charge in [0, 0.05) is 30.8 Å². The minimum Gasteiger partial charge on any atom is -0.493 e. The van der Waals surface area contributed by atoms with Gasteiger partial charge >= 0.3 is 12.3 Å². The third-order valence-electron chi connectivity index (χ3n) is 3.68. The maximum Gasteiger partial charge on any atom is 0.416 e. The first kappa shape index (κ1) is 19.2. The number of carbonyl (C=O) groups excluding carboxylic acids is 1. The number of nitrogens with two attached hydrogens (primary N) is 1. The van der Waals surface area contributed by atoms with E-state index in [1.807, 2.05) is 0 Å². The van der Waals surface area contributed by atoms with Crippen LogP contribution in [0.5, 0.6) is 5.75 Å². The molecule has 0 bridgehead atoms. The van der Waals surface area contributed by atoms with Crippen molar-refractivity contribution in [2.24, 2.45) is 5.92 Å². The summed E-state index contributed by atoms with van der Waals surface area (Å²) in [6.45, 7) is 6.57. The fraction of sp³-hybridized carbons (Fsp3) is 0.588. The summed E-state index contributed by atoms with van der Waals surface area (Å²) in [7, 11) is 0. The van der Waals surface area contributed by atoms with Gasteiger partial charge in [-0.05, 0) is 39.3 Å². The van der Waals surface area contributed by atoms with Crippen LogP contribution in [-0.4, -0.2) is 36.3 Å². The monoisotopic (exact) mass is 360 g/mol. The van der Waals surface area contributed by atoms with Crippen LogP contribution in [0.4, 0.5) is 23.7 Å². The van der Waals surface area contributed by atoms with E-state index in [0.717, 1.165) is 12.1 Å². The molecule has 0 unspecified atom stereocenters. The van der Waals surface area contributed by atoms with Crippen molar-refractivity contribution in [1.29, 1.82) is 0 Å². The molecule has 1 aromatic carbocycles. The van der Waals surface area contributed by atoms with Gasteiger partial charge in [-0.3, -0.25) is 0 Å². The number of rotatable bonds is 3. The lowest BCUT2D eigenvalue weighted by molar-refractivity contribution is -0.137. The molecule has 2 N–H and O–H groups in total. The molecule has 1 fully saturated rings. The van der Waals surface area contributed by atoms with Crippen LogP contribution in [0.3, 0.4) is 0 Å². The number of carbonyl (C=O) groups is 1. The second-order valence-electron chi connectivity index (χ2n) is 7.18. The Morgan fingerprint density at radius 1 is 1.28 bits per heavy atom. The van der Waals surface area contributed by atoms with Crippen molar-refractivity contribution in [2.45, 2.75) is 39.0 Å². The van der Waals surface area contributed by atoms with Crippen LogP contribution in [0, 0.1) is 5.92 Å². The van der Waals surface area contributed by atoms with Crippen LogP contribution in [0.25, 0.3) is 0 Å². The third kappa shape index (κ3) is 5.72. The average Bonchev–Trinajstić information content (AvgIpc) is 2.91. The van der Waals surface area contributed by atoms with Gasteiger partial charge in [-0.15, -0.1) is 0 Å². The molecule has 1 saturated heterocycles. The number of nitrogen functional groups attached to an aromatic ring is 1. The van der Waals surface area contributed by atoms with Gasteiger partial charge in [-0.2, -0.15) is 13.2 Å². The van der Waals surface area contributed by atoms with Gasteiger partial charge in [0.15, 0.2) is 0 Å². The van der Waals surface area contributed by atoms with E-state index in [1.165, 1.54) is 6.07 Å². The first-order chi connectivity index (χ1) is 11.4. The van der Waals surface area contributed by atoms with E-state index in [4.69, 9.17) is 15.2 Å². The SMILES string of the molecule is CC(C)(C)OC(=O)N1CC[C@@H](COc2cc(N)cc(C(F)(F)F)c2)C1. The molecule has 0 aliphatic carbocycles. The molecule has 1 amide bonds. The second-order valence-corrected chi connectivity index (χ2v) is 7.18. The predicted octanol–water partition coefficient (Wildman–Crippen LogP) is 3.92. The van der Waals surface area contributed by atoms with Gasteiger partial charge in [-0.25, -0.2) is 4.79 Å². The number of anilines is 1. The molecular weight excluding hydrogens is 337 g/mol. The Bertz CT molecular complexity index is 627. The molecule has 1 aliphatic heterocycles. The van der Waals surface area contributed by atoms with E-state index in [1.54, 1.807) is 25.7 Å². The Hall–Kier alpha value is -2.12. The van der Waals surface area contributed by atoms with E-state index in [2.05, 4.69) is 0 Å². The zero-order valence-electron chi connectivity index (χ0n) is 14.5. The van der Waals surface area contributed by atoms with Crippen LogP contribution in [-0.2, 0) is 10.9 Å². The van der Waals surface area contributed by atoms with E-state index in [-0.39, 0.29) is 24.0 Å². The van der Waals surface area contributed by atoms with Crippen molar-refractivity contribution in [1.82, 2.24) is 4.90 Å². The van der Waals surface area contributed by atoms with Crippen molar-refractivity contribution < 1.29 is 27.4 Å². The maximum absolute atomic E-state index is 12.8. The van der Waals surface area contributed by atoms with Crippen molar-refractivity contribution in [3.05, 3.63) is 23.8 Å². The van der Waals surface area contributed by atoms with E-state index >= 15 is 0 Å². The highest BCUT2D eigenvalue weighted by molar-refractivity contribution is 5.68. The molecule has 2 rings (SSSR count). The fourth-order valence-electron chi connectivity index (χ4n) is 2.54. The van der Waals surface area contributed by atoms with Crippen LogP contribution >= 0.6 is 0 Å². The number of benzene rings is 1. The van der Waals surface area contributed by atoms with Crippen molar-refractivity contribution in [2.75, 3.05) is 25.4 Å². The highest BCUT2D eigenvalue weighted by Gasteiger charge is 2.32. The third-order valence-corrected chi connectivity index (χ3v) is 3.68. The number of hydrogen-bond donors (Lipinski definition) is 1. The summed E-state index contributed by atoms with van der Waals surface area (Å²) in [5, 5.41) is 0. The van der Waals surface area contributed by atoms with Gasteiger partial charge < -0.3 is 20.1 Å². The van der Waals surface area contributed by atoms with Crippen LogP contribution < -0.4 is 10.5 Å². The van der Waals surface area contributed by atoms with Gasteiger partial charge in [0.1, 0.15) is 11.4 Å². The minimum atomic E-state index is -4.48. The standard InChI is InChI=1S/C17H23F3N2O3/c1-16(2,3)25-15(23)22-5-4-11(9-22)10-24-14-7-12(17(18,19)20)6-13(21)8-14/h6-8,11H,4-5,9-10,21H2,1-3H3/t11-/m1/s1. The van der Waals surface area contributed by atoms with Gasteiger partial charge in [0.2, 0.25) is 0 Å². The van der Waals surface area contributed by atoms with Crippen molar-refractivity contribution >= 4 is 11.8 Å². The zero-order valence-corrected chi connectivity index (χ0v) is 14.5. The number of halogens is 3. The Kier molecular flexibility index (Phi) is 5.39. The molecule has 1 atom stereocenters. The summed E-state index contributed by atoms with van der Waals surface area (Å²) in [4.78, 5) is 13.6. The van der Waals surface area contributed by atoms with Gasteiger partial charge in [0.05, 0.1) is 12.2 Å². The molecule has 25 heavy (non-hydrogen) atoms. The summed E-state index contributed by atoms with van der Waals surface area (Å²) in [6, 6.07) is 3.15. The molecule has 1 aromatic rings. The van der Waals surface area contributed by atoms with Gasteiger partial charge in [-0.1, -0.05) is 0 Å². The van der Waals surface area contributed by atoms with E-state index in [0.29, 0.717) is 19.5 Å². The topological polar surface area (TPSA) is 64.8 Å².